The second kappa shape index (κ2) is 11.1. The van der Waals surface area contributed by atoms with Crippen molar-refractivity contribution in [2.24, 2.45) is 0 Å². The Hall–Kier alpha value is -1.55. The van der Waals surface area contributed by atoms with Gasteiger partial charge in [0.15, 0.2) is 0 Å². The first-order valence-electron chi connectivity index (χ1n) is 9.40. The van der Waals surface area contributed by atoms with E-state index in [-0.39, 0.29) is 5.91 Å². The van der Waals surface area contributed by atoms with E-state index < -0.39 is 0 Å². The number of hydrogen-bond donors (Lipinski definition) is 1. The summed E-state index contributed by atoms with van der Waals surface area (Å²) in [6.07, 6.45) is 9.39. The lowest BCUT2D eigenvalue weighted by molar-refractivity contribution is -0.120. The van der Waals surface area contributed by atoms with Gasteiger partial charge in [0.25, 0.3) is 0 Å². The molecular weight excluding hydrogens is 300 g/mol. The molecule has 4 nitrogen and oxygen atoms in total. The zero-order valence-corrected chi connectivity index (χ0v) is 15.1. The quantitative estimate of drug-likeness (QED) is 0.705. The number of para-hydroxylation sites is 1. The summed E-state index contributed by atoms with van der Waals surface area (Å²) in [5.74, 6) is 0.858. The van der Waals surface area contributed by atoms with Crippen molar-refractivity contribution in [2.75, 3.05) is 33.3 Å². The average molecular weight is 332 g/mol. The molecule has 4 heteroatoms. The SMILES string of the molecule is COc1ccccc1CC(=O)NCCCCCN1CCCCCC1. The summed E-state index contributed by atoms with van der Waals surface area (Å²) in [5, 5.41) is 3.02. The zero-order chi connectivity index (χ0) is 17.0. The standard InChI is InChI=1S/C20H32N2O2/c1-24-19-12-6-5-11-18(19)17-20(23)21-13-7-4-10-16-22-14-8-2-3-9-15-22/h5-6,11-12H,2-4,7-10,13-17H2,1H3,(H,21,23). The normalized spacial score (nSPS) is 15.7. The molecule has 2 rings (SSSR count). The lowest BCUT2D eigenvalue weighted by atomic mass is 10.1. The van der Waals surface area contributed by atoms with E-state index in [1.54, 1.807) is 7.11 Å². The Bertz CT molecular complexity index is 482. The maximum absolute atomic E-state index is 12.0. The molecular formula is C20H32N2O2. The second-order valence-electron chi connectivity index (χ2n) is 6.66. The number of rotatable bonds is 9. The van der Waals surface area contributed by atoms with Gasteiger partial charge in [-0.1, -0.05) is 37.5 Å². The van der Waals surface area contributed by atoms with Gasteiger partial charge in [-0.15, -0.1) is 0 Å². The fourth-order valence-corrected chi connectivity index (χ4v) is 3.31. The summed E-state index contributed by atoms with van der Waals surface area (Å²) in [5.41, 5.74) is 0.943. The van der Waals surface area contributed by atoms with Gasteiger partial charge in [-0.3, -0.25) is 4.79 Å². The van der Waals surface area contributed by atoms with E-state index in [2.05, 4.69) is 10.2 Å². The second-order valence-corrected chi connectivity index (χ2v) is 6.66. The summed E-state index contributed by atoms with van der Waals surface area (Å²) in [6, 6.07) is 7.70. The molecule has 0 bridgehead atoms. The highest BCUT2D eigenvalue weighted by Crippen LogP contribution is 2.17. The maximum atomic E-state index is 12.0. The molecule has 0 aliphatic carbocycles. The van der Waals surface area contributed by atoms with E-state index in [0.29, 0.717) is 6.42 Å². The van der Waals surface area contributed by atoms with Gasteiger partial charge in [-0.25, -0.2) is 0 Å². The zero-order valence-electron chi connectivity index (χ0n) is 15.1. The molecule has 1 aromatic carbocycles. The van der Waals surface area contributed by atoms with Crippen molar-refractivity contribution >= 4 is 5.91 Å². The molecule has 24 heavy (non-hydrogen) atoms. The van der Waals surface area contributed by atoms with Crippen LogP contribution in [0.1, 0.15) is 50.5 Å². The molecule has 1 fully saturated rings. The summed E-state index contributed by atoms with van der Waals surface area (Å²) in [6.45, 7) is 4.54. The summed E-state index contributed by atoms with van der Waals surface area (Å²) >= 11 is 0. The molecule has 0 saturated carbocycles. The maximum Gasteiger partial charge on any atom is 0.224 e. The Morgan fingerprint density at radius 3 is 2.58 bits per heavy atom. The predicted molar refractivity (Wildman–Crippen MR) is 98.5 cm³/mol. The van der Waals surface area contributed by atoms with Crippen molar-refractivity contribution in [3.05, 3.63) is 29.8 Å². The van der Waals surface area contributed by atoms with Crippen LogP contribution in [-0.2, 0) is 11.2 Å². The fraction of sp³-hybridized carbons (Fsp3) is 0.650. The van der Waals surface area contributed by atoms with Gasteiger partial charge in [0, 0.05) is 12.1 Å². The number of unbranched alkanes of at least 4 members (excludes halogenated alkanes) is 2. The Balaban J connectivity index is 1.54. The van der Waals surface area contributed by atoms with Crippen molar-refractivity contribution in [1.29, 1.82) is 0 Å². The van der Waals surface area contributed by atoms with Crippen LogP contribution in [0.2, 0.25) is 0 Å². The highest BCUT2D eigenvalue weighted by atomic mass is 16.5. The van der Waals surface area contributed by atoms with Crippen LogP contribution in [0.25, 0.3) is 0 Å². The predicted octanol–water partition coefficient (Wildman–Crippen LogP) is 3.40. The third-order valence-electron chi connectivity index (χ3n) is 4.72. The van der Waals surface area contributed by atoms with Gasteiger partial charge >= 0.3 is 0 Å². The van der Waals surface area contributed by atoms with Crippen molar-refractivity contribution in [1.82, 2.24) is 10.2 Å². The van der Waals surface area contributed by atoms with Crippen LogP contribution in [0.4, 0.5) is 0 Å². The molecule has 1 aromatic rings. The van der Waals surface area contributed by atoms with Crippen molar-refractivity contribution in [3.63, 3.8) is 0 Å². The Labute approximate surface area is 146 Å². The molecule has 0 atom stereocenters. The van der Waals surface area contributed by atoms with Crippen LogP contribution in [-0.4, -0.2) is 44.1 Å². The molecule has 0 spiro atoms. The first kappa shape index (κ1) is 18.8. The first-order valence-corrected chi connectivity index (χ1v) is 9.40. The Morgan fingerprint density at radius 2 is 1.83 bits per heavy atom. The Morgan fingerprint density at radius 1 is 1.08 bits per heavy atom. The lowest BCUT2D eigenvalue weighted by Crippen LogP contribution is -2.27. The average Bonchev–Trinajstić information content (AvgIpc) is 2.87. The highest BCUT2D eigenvalue weighted by Gasteiger charge is 2.09. The van der Waals surface area contributed by atoms with E-state index in [1.807, 2.05) is 24.3 Å². The van der Waals surface area contributed by atoms with Gasteiger partial charge in [-0.2, -0.15) is 0 Å². The van der Waals surface area contributed by atoms with Gasteiger partial charge in [0.1, 0.15) is 5.75 Å². The Kier molecular flexibility index (Phi) is 8.67. The number of carbonyl (C=O) groups excluding carboxylic acids is 1. The number of nitrogens with one attached hydrogen (secondary N) is 1. The molecule has 1 amide bonds. The van der Waals surface area contributed by atoms with E-state index in [9.17, 15) is 4.79 Å². The van der Waals surface area contributed by atoms with Gasteiger partial charge in [0.05, 0.1) is 13.5 Å². The molecule has 1 heterocycles. The van der Waals surface area contributed by atoms with E-state index in [4.69, 9.17) is 4.74 Å². The minimum absolute atomic E-state index is 0.0759. The number of benzene rings is 1. The van der Waals surface area contributed by atoms with Gasteiger partial charge in [-0.05, 0) is 51.4 Å². The molecule has 0 radical (unpaired) electrons. The smallest absolute Gasteiger partial charge is 0.224 e. The molecule has 1 saturated heterocycles. The minimum atomic E-state index is 0.0759. The van der Waals surface area contributed by atoms with Crippen LogP contribution in [0.15, 0.2) is 24.3 Å². The monoisotopic (exact) mass is 332 g/mol. The molecule has 0 aromatic heterocycles. The number of methoxy groups -OCH3 is 1. The minimum Gasteiger partial charge on any atom is -0.496 e. The fourth-order valence-electron chi connectivity index (χ4n) is 3.31. The van der Waals surface area contributed by atoms with Crippen LogP contribution < -0.4 is 10.1 Å². The molecule has 1 aliphatic rings. The van der Waals surface area contributed by atoms with Crippen molar-refractivity contribution in [2.45, 2.75) is 51.4 Å². The number of likely N-dealkylation sites (tertiary alicyclic amines) is 1. The van der Waals surface area contributed by atoms with Gasteiger partial charge < -0.3 is 15.0 Å². The number of carbonyl (C=O) groups is 1. The third kappa shape index (κ3) is 6.91. The number of nitrogens with zero attached hydrogens (tertiary/aromatic N) is 1. The van der Waals surface area contributed by atoms with Crippen molar-refractivity contribution < 1.29 is 9.53 Å². The largest absolute Gasteiger partial charge is 0.496 e. The van der Waals surface area contributed by atoms with Crippen molar-refractivity contribution in [3.8, 4) is 5.75 Å². The van der Waals surface area contributed by atoms with E-state index in [1.165, 1.54) is 58.2 Å². The third-order valence-corrected chi connectivity index (χ3v) is 4.72. The van der Waals surface area contributed by atoms with Crippen LogP contribution in [0.5, 0.6) is 5.75 Å². The molecule has 0 unspecified atom stereocenters. The van der Waals surface area contributed by atoms with Gasteiger partial charge in [0.2, 0.25) is 5.91 Å². The summed E-state index contributed by atoms with van der Waals surface area (Å²) in [7, 11) is 1.64. The summed E-state index contributed by atoms with van der Waals surface area (Å²) in [4.78, 5) is 14.6. The van der Waals surface area contributed by atoms with Crippen LogP contribution in [0.3, 0.4) is 0 Å². The van der Waals surface area contributed by atoms with Crippen LogP contribution in [0, 0.1) is 0 Å². The summed E-state index contributed by atoms with van der Waals surface area (Å²) < 4.78 is 5.29. The lowest BCUT2D eigenvalue weighted by Gasteiger charge is -2.19. The van der Waals surface area contributed by atoms with E-state index >= 15 is 0 Å². The number of amides is 1. The molecule has 1 N–H and O–H groups in total. The topological polar surface area (TPSA) is 41.6 Å². The van der Waals surface area contributed by atoms with E-state index in [0.717, 1.165) is 24.3 Å². The number of hydrogen-bond acceptors (Lipinski definition) is 3. The first-order chi connectivity index (χ1) is 11.8. The molecule has 1 aliphatic heterocycles. The van der Waals surface area contributed by atoms with Crippen LogP contribution >= 0.6 is 0 Å². The highest BCUT2D eigenvalue weighted by molar-refractivity contribution is 5.79. The molecule has 134 valence electrons. The number of ether oxygens (including phenoxy) is 1.